The van der Waals surface area contributed by atoms with E-state index < -0.39 is 28.8 Å². The molecule has 7 heteroatoms. The number of nitrogens with one attached hydrogen (secondary N) is 1. The van der Waals surface area contributed by atoms with Crippen LogP contribution in [-0.2, 0) is 11.3 Å². The van der Waals surface area contributed by atoms with Gasteiger partial charge in [-0.1, -0.05) is 17.7 Å². The summed E-state index contributed by atoms with van der Waals surface area (Å²) in [5.74, 6) is -1.66. The highest BCUT2D eigenvalue weighted by Crippen LogP contribution is 2.36. The molecule has 2 rings (SSSR count). The molecule has 19 heavy (non-hydrogen) atoms. The van der Waals surface area contributed by atoms with E-state index in [0.29, 0.717) is 11.3 Å². The lowest BCUT2D eigenvalue weighted by atomic mass is 9.91. The van der Waals surface area contributed by atoms with E-state index in [4.69, 9.17) is 16.2 Å². The lowest BCUT2D eigenvalue weighted by Crippen LogP contribution is -2.04. The van der Waals surface area contributed by atoms with Crippen LogP contribution in [0.2, 0.25) is 5.02 Å². The van der Waals surface area contributed by atoms with Gasteiger partial charge in [0.2, 0.25) is 0 Å². The summed E-state index contributed by atoms with van der Waals surface area (Å²) in [6, 6.07) is 4.54. The Morgan fingerprint density at radius 1 is 1.42 bits per heavy atom. The van der Waals surface area contributed by atoms with Crippen molar-refractivity contribution < 1.29 is 17.5 Å². The Hall–Kier alpha value is -1.24. The lowest BCUT2D eigenvalue weighted by molar-refractivity contribution is 0.536. The van der Waals surface area contributed by atoms with Crippen LogP contribution < -0.4 is 4.72 Å². The molecule has 102 valence electrons. The Balaban J connectivity index is 2.27. The molecule has 3 nitrogen and oxygen atoms in total. The van der Waals surface area contributed by atoms with Gasteiger partial charge in [0.05, 0.1) is 0 Å². The zero-order chi connectivity index (χ0) is 14.0. The van der Waals surface area contributed by atoms with Crippen LogP contribution in [0.15, 0.2) is 42.0 Å². The van der Waals surface area contributed by atoms with Crippen LogP contribution in [0.5, 0.6) is 0 Å². The molecule has 1 aliphatic carbocycles. The predicted octanol–water partition coefficient (Wildman–Crippen LogP) is 4.08. The van der Waals surface area contributed by atoms with Crippen LogP contribution in [0.3, 0.4) is 0 Å². The highest BCUT2D eigenvalue weighted by molar-refractivity contribution is 7.80. The van der Waals surface area contributed by atoms with Crippen molar-refractivity contribution in [3.63, 3.8) is 0 Å². The van der Waals surface area contributed by atoms with Gasteiger partial charge in [0.15, 0.2) is 0 Å². The van der Waals surface area contributed by atoms with Crippen molar-refractivity contribution in [1.82, 2.24) is 0 Å². The van der Waals surface area contributed by atoms with Crippen molar-refractivity contribution in [2.45, 2.75) is 12.3 Å². The van der Waals surface area contributed by atoms with E-state index >= 15 is 0 Å². The Morgan fingerprint density at radius 3 is 2.74 bits per heavy atom. The van der Waals surface area contributed by atoms with E-state index in [9.17, 15) is 13.0 Å². The van der Waals surface area contributed by atoms with E-state index in [1.54, 1.807) is 6.07 Å². The number of hydrogen-bond acceptors (Lipinski definition) is 1. The SMILES string of the molecule is O=S(O)Nc1ccc(C2C=C(F)C=C(F)C2)c(Cl)c1. The van der Waals surface area contributed by atoms with Crippen molar-refractivity contribution in [3.8, 4) is 0 Å². The Morgan fingerprint density at radius 2 is 2.16 bits per heavy atom. The molecule has 0 radical (unpaired) electrons. The van der Waals surface area contributed by atoms with E-state index in [2.05, 4.69) is 4.72 Å². The van der Waals surface area contributed by atoms with E-state index in [1.807, 2.05) is 0 Å². The van der Waals surface area contributed by atoms with Gasteiger partial charge >= 0.3 is 0 Å². The first-order chi connectivity index (χ1) is 8.95. The maximum atomic E-state index is 13.2. The molecule has 0 bridgehead atoms. The molecule has 0 heterocycles. The van der Waals surface area contributed by atoms with E-state index in [-0.39, 0.29) is 11.4 Å². The molecule has 1 aliphatic rings. The summed E-state index contributed by atoms with van der Waals surface area (Å²) in [4.78, 5) is 0. The summed E-state index contributed by atoms with van der Waals surface area (Å²) in [6.07, 6.45) is 2.18. The van der Waals surface area contributed by atoms with Gasteiger partial charge in [-0.2, -0.15) is 0 Å². The second-order valence-electron chi connectivity index (χ2n) is 4.04. The number of benzene rings is 1. The third-order valence-electron chi connectivity index (χ3n) is 2.67. The van der Waals surface area contributed by atoms with Gasteiger partial charge in [-0.3, -0.25) is 9.27 Å². The van der Waals surface area contributed by atoms with Crippen molar-refractivity contribution in [2.24, 2.45) is 0 Å². The second kappa shape index (κ2) is 5.81. The Labute approximate surface area is 116 Å². The molecular formula is C12H10ClF2NO2S. The number of anilines is 1. The summed E-state index contributed by atoms with van der Waals surface area (Å²) in [6.45, 7) is 0. The molecule has 0 aromatic heterocycles. The molecule has 0 fully saturated rings. The Bertz CT molecular complexity index is 589. The highest BCUT2D eigenvalue weighted by Gasteiger charge is 2.19. The molecule has 0 spiro atoms. The minimum absolute atomic E-state index is 0.0475. The van der Waals surface area contributed by atoms with Crippen LogP contribution in [-0.4, -0.2) is 8.76 Å². The van der Waals surface area contributed by atoms with Gasteiger partial charge in [0, 0.05) is 29.1 Å². The zero-order valence-electron chi connectivity index (χ0n) is 9.57. The maximum absolute atomic E-state index is 13.2. The molecule has 0 saturated heterocycles. The highest BCUT2D eigenvalue weighted by atomic mass is 35.5. The third kappa shape index (κ3) is 3.62. The maximum Gasteiger partial charge on any atom is 0.259 e. The van der Waals surface area contributed by atoms with Gasteiger partial charge in [0.1, 0.15) is 11.7 Å². The largest absolute Gasteiger partial charge is 0.289 e. The smallest absolute Gasteiger partial charge is 0.259 e. The van der Waals surface area contributed by atoms with Crippen molar-refractivity contribution in [2.75, 3.05) is 4.72 Å². The normalized spacial score (nSPS) is 20.5. The molecule has 2 atom stereocenters. The number of halogens is 3. The summed E-state index contributed by atoms with van der Waals surface area (Å²) < 4.78 is 47.9. The van der Waals surface area contributed by atoms with E-state index in [0.717, 1.165) is 6.08 Å². The fraction of sp³-hybridized carbons (Fsp3) is 0.167. The summed E-state index contributed by atoms with van der Waals surface area (Å²) in [7, 11) is 0. The molecular weight excluding hydrogens is 296 g/mol. The molecule has 0 amide bonds. The third-order valence-corrected chi connectivity index (χ3v) is 3.41. The predicted molar refractivity (Wildman–Crippen MR) is 71.6 cm³/mol. The van der Waals surface area contributed by atoms with Gasteiger partial charge in [-0.25, -0.2) is 13.0 Å². The summed E-state index contributed by atoms with van der Waals surface area (Å²) in [5.41, 5.74) is 0.917. The Kier molecular flexibility index (Phi) is 4.34. The minimum atomic E-state index is -2.20. The molecule has 0 saturated carbocycles. The fourth-order valence-corrected chi connectivity index (χ4v) is 2.56. The first kappa shape index (κ1) is 14.2. The van der Waals surface area contributed by atoms with Crippen molar-refractivity contribution in [3.05, 3.63) is 52.6 Å². The second-order valence-corrected chi connectivity index (χ2v) is 5.15. The monoisotopic (exact) mass is 305 g/mol. The average molecular weight is 306 g/mol. The zero-order valence-corrected chi connectivity index (χ0v) is 11.1. The summed E-state index contributed by atoms with van der Waals surface area (Å²) in [5, 5.41) is 0.277. The molecule has 2 unspecified atom stereocenters. The lowest BCUT2D eigenvalue weighted by Gasteiger charge is -2.17. The van der Waals surface area contributed by atoms with Crippen molar-refractivity contribution >= 4 is 28.6 Å². The number of allylic oxidation sites excluding steroid dienone is 4. The topological polar surface area (TPSA) is 49.3 Å². The van der Waals surface area contributed by atoms with Gasteiger partial charge < -0.3 is 0 Å². The van der Waals surface area contributed by atoms with Crippen LogP contribution in [0.4, 0.5) is 14.5 Å². The van der Waals surface area contributed by atoms with Crippen LogP contribution in [0.1, 0.15) is 17.9 Å². The van der Waals surface area contributed by atoms with Crippen LogP contribution in [0.25, 0.3) is 0 Å². The summed E-state index contributed by atoms with van der Waals surface area (Å²) >= 11 is 3.83. The van der Waals surface area contributed by atoms with Gasteiger partial charge in [0.25, 0.3) is 11.3 Å². The number of rotatable bonds is 3. The first-order valence-electron chi connectivity index (χ1n) is 5.36. The fourth-order valence-electron chi connectivity index (χ4n) is 1.91. The quantitative estimate of drug-likeness (QED) is 0.827. The molecule has 2 N–H and O–H groups in total. The molecule has 0 aliphatic heterocycles. The van der Waals surface area contributed by atoms with E-state index in [1.165, 1.54) is 18.2 Å². The minimum Gasteiger partial charge on any atom is -0.289 e. The molecule has 1 aromatic rings. The van der Waals surface area contributed by atoms with Crippen molar-refractivity contribution in [1.29, 1.82) is 0 Å². The molecule has 1 aromatic carbocycles. The first-order valence-corrected chi connectivity index (χ1v) is 6.84. The number of hydrogen-bond donors (Lipinski definition) is 2. The van der Waals surface area contributed by atoms with Crippen LogP contribution >= 0.6 is 11.6 Å². The standard InChI is InChI=1S/C12H10ClF2NO2S/c13-12-6-10(16-19(17)18)1-2-11(12)7-3-8(14)5-9(15)4-7/h1-3,5-7,16H,4H2,(H,17,18). The van der Waals surface area contributed by atoms with Gasteiger partial charge in [-0.15, -0.1) is 0 Å². The average Bonchev–Trinajstić information content (AvgIpc) is 2.26. The van der Waals surface area contributed by atoms with Crippen LogP contribution in [0, 0.1) is 0 Å². The van der Waals surface area contributed by atoms with Gasteiger partial charge in [-0.05, 0) is 23.8 Å².